The molecular weight excluding hydrogens is 279 g/mol. The second kappa shape index (κ2) is 7.59. The summed E-state index contributed by atoms with van der Waals surface area (Å²) in [7, 11) is 0. The van der Waals surface area contributed by atoms with E-state index in [0.717, 1.165) is 13.1 Å². The van der Waals surface area contributed by atoms with E-state index in [0.29, 0.717) is 6.04 Å². The van der Waals surface area contributed by atoms with E-state index in [1.54, 1.807) is 0 Å². The van der Waals surface area contributed by atoms with E-state index in [1.165, 1.54) is 29.3 Å². The molecule has 1 heterocycles. The molecule has 2 aromatic rings. The molecule has 0 saturated carbocycles. The van der Waals surface area contributed by atoms with Crippen molar-refractivity contribution < 1.29 is 0 Å². The molecule has 0 radical (unpaired) electrons. The van der Waals surface area contributed by atoms with Crippen LogP contribution in [0.2, 0.25) is 0 Å². The summed E-state index contributed by atoms with van der Waals surface area (Å²) in [6, 6.07) is 15.8. The average Bonchev–Trinajstić information content (AvgIpc) is 2.40. The van der Waals surface area contributed by atoms with Gasteiger partial charge in [-0.2, -0.15) is 0 Å². The van der Waals surface area contributed by atoms with Crippen LogP contribution in [-0.2, 0) is 0 Å². The maximum Gasteiger partial charge on any atom is 0.0348 e. The molecule has 2 nitrogen and oxygen atoms in total. The molecule has 1 fully saturated rings. The molecule has 104 valence electrons. The van der Waals surface area contributed by atoms with Crippen molar-refractivity contribution in [3.05, 3.63) is 42.5 Å². The van der Waals surface area contributed by atoms with E-state index >= 15 is 0 Å². The van der Waals surface area contributed by atoms with E-state index < -0.39 is 0 Å². The maximum atomic E-state index is 3.63. The van der Waals surface area contributed by atoms with Gasteiger partial charge in [-0.15, -0.1) is 24.8 Å². The highest BCUT2D eigenvalue weighted by atomic mass is 35.5. The van der Waals surface area contributed by atoms with E-state index in [4.69, 9.17) is 0 Å². The number of benzene rings is 2. The third-order valence-corrected chi connectivity index (χ3v) is 3.46. The normalized spacial score (nSPS) is 15.4. The van der Waals surface area contributed by atoms with E-state index in [1.807, 2.05) is 0 Å². The molecule has 0 atom stereocenters. The summed E-state index contributed by atoms with van der Waals surface area (Å²) in [5, 5.41) is 9.64. The van der Waals surface area contributed by atoms with Crippen LogP contribution in [0.4, 0.5) is 5.69 Å². The zero-order chi connectivity index (χ0) is 11.5. The van der Waals surface area contributed by atoms with Crippen molar-refractivity contribution in [2.24, 2.45) is 0 Å². The number of anilines is 1. The fraction of sp³-hybridized carbons (Fsp3) is 0.333. The zero-order valence-electron chi connectivity index (χ0n) is 10.8. The molecule has 4 heteroatoms. The van der Waals surface area contributed by atoms with Crippen molar-refractivity contribution >= 4 is 41.3 Å². The van der Waals surface area contributed by atoms with Crippen LogP contribution in [0.5, 0.6) is 0 Å². The number of rotatable bonds is 2. The van der Waals surface area contributed by atoms with Gasteiger partial charge < -0.3 is 10.6 Å². The lowest BCUT2D eigenvalue weighted by molar-refractivity contribution is 0.479. The summed E-state index contributed by atoms with van der Waals surface area (Å²) >= 11 is 0. The van der Waals surface area contributed by atoms with Crippen molar-refractivity contribution in [1.82, 2.24) is 5.32 Å². The summed E-state index contributed by atoms with van der Waals surface area (Å²) in [6.07, 6.45) is 2.43. The first-order chi connectivity index (χ1) is 8.42. The van der Waals surface area contributed by atoms with Gasteiger partial charge in [-0.25, -0.2) is 0 Å². The molecule has 19 heavy (non-hydrogen) atoms. The molecule has 2 aromatic carbocycles. The van der Waals surface area contributed by atoms with Gasteiger partial charge in [0.25, 0.3) is 0 Å². The highest BCUT2D eigenvalue weighted by Gasteiger charge is 2.12. The Bertz CT molecular complexity index is 510. The third-order valence-electron chi connectivity index (χ3n) is 3.46. The molecule has 2 N–H and O–H groups in total. The summed E-state index contributed by atoms with van der Waals surface area (Å²) < 4.78 is 0. The van der Waals surface area contributed by atoms with E-state index in [-0.39, 0.29) is 24.8 Å². The van der Waals surface area contributed by atoms with Crippen LogP contribution in [-0.4, -0.2) is 19.1 Å². The molecule has 0 amide bonds. The monoisotopic (exact) mass is 298 g/mol. The van der Waals surface area contributed by atoms with Gasteiger partial charge in [0, 0.05) is 11.7 Å². The van der Waals surface area contributed by atoms with Crippen LogP contribution >= 0.6 is 24.8 Å². The number of piperidine rings is 1. The van der Waals surface area contributed by atoms with E-state index in [2.05, 4.69) is 53.1 Å². The number of hydrogen-bond acceptors (Lipinski definition) is 2. The van der Waals surface area contributed by atoms with Crippen molar-refractivity contribution in [2.45, 2.75) is 18.9 Å². The fourth-order valence-electron chi connectivity index (χ4n) is 2.48. The zero-order valence-corrected chi connectivity index (χ0v) is 12.4. The first-order valence-electron chi connectivity index (χ1n) is 6.38. The van der Waals surface area contributed by atoms with Gasteiger partial charge in [0.05, 0.1) is 0 Å². The Morgan fingerprint density at radius 1 is 0.895 bits per heavy atom. The average molecular weight is 299 g/mol. The lowest BCUT2D eigenvalue weighted by Gasteiger charge is -2.24. The second-order valence-electron chi connectivity index (χ2n) is 4.73. The minimum atomic E-state index is 0. The molecule has 1 aliphatic rings. The van der Waals surface area contributed by atoms with Gasteiger partial charge >= 0.3 is 0 Å². The molecule has 0 aliphatic carbocycles. The molecule has 1 aliphatic heterocycles. The second-order valence-corrected chi connectivity index (χ2v) is 4.73. The van der Waals surface area contributed by atoms with Gasteiger partial charge in [0.1, 0.15) is 0 Å². The summed E-state index contributed by atoms with van der Waals surface area (Å²) in [4.78, 5) is 0. The lowest BCUT2D eigenvalue weighted by Crippen LogP contribution is -2.35. The molecule has 0 unspecified atom stereocenters. The van der Waals surface area contributed by atoms with Gasteiger partial charge in [-0.3, -0.25) is 0 Å². The first kappa shape index (κ1) is 16.1. The molecule has 3 rings (SSSR count). The highest BCUT2D eigenvalue weighted by Crippen LogP contribution is 2.20. The van der Waals surface area contributed by atoms with Crippen molar-refractivity contribution in [3.63, 3.8) is 0 Å². The smallest absolute Gasteiger partial charge is 0.0348 e. The van der Waals surface area contributed by atoms with Crippen LogP contribution < -0.4 is 10.6 Å². The van der Waals surface area contributed by atoms with Crippen LogP contribution in [0.3, 0.4) is 0 Å². The van der Waals surface area contributed by atoms with Gasteiger partial charge in [0.2, 0.25) is 0 Å². The molecule has 0 spiro atoms. The van der Waals surface area contributed by atoms with Crippen LogP contribution in [0, 0.1) is 0 Å². The summed E-state index contributed by atoms with van der Waals surface area (Å²) in [5.74, 6) is 0. The van der Waals surface area contributed by atoms with E-state index in [9.17, 15) is 0 Å². The minimum absolute atomic E-state index is 0. The number of fused-ring (bicyclic) bond motifs is 1. The summed E-state index contributed by atoms with van der Waals surface area (Å²) in [5.41, 5.74) is 1.25. The predicted octanol–water partition coefficient (Wildman–Crippen LogP) is 3.85. The lowest BCUT2D eigenvalue weighted by atomic mass is 10.1. The van der Waals surface area contributed by atoms with Crippen LogP contribution in [0.1, 0.15) is 12.8 Å². The summed E-state index contributed by atoms with van der Waals surface area (Å²) in [6.45, 7) is 2.26. The number of halogens is 2. The van der Waals surface area contributed by atoms with Gasteiger partial charge in [-0.05, 0) is 48.8 Å². The Labute approximate surface area is 126 Å². The van der Waals surface area contributed by atoms with Crippen LogP contribution in [0.25, 0.3) is 10.8 Å². The first-order valence-corrected chi connectivity index (χ1v) is 6.38. The Balaban J connectivity index is 0.000000902. The number of nitrogens with one attached hydrogen (secondary N) is 2. The van der Waals surface area contributed by atoms with Crippen molar-refractivity contribution in [3.8, 4) is 0 Å². The van der Waals surface area contributed by atoms with Gasteiger partial charge in [0.15, 0.2) is 0 Å². The fourth-order valence-corrected chi connectivity index (χ4v) is 2.48. The largest absolute Gasteiger partial charge is 0.382 e. The molecular formula is C15H20Cl2N2. The molecule has 0 bridgehead atoms. The standard InChI is InChI=1S/C15H18N2.2ClH/c1-2-4-13-11-15(6-5-12(13)3-1)17-14-7-9-16-10-8-14;;/h1-6,11,14,16-17H,7-10H2;2*1H. The Hall–Kier alpha value is -0.960. The Morgan fingerprint density at radius 3 is 2.32 bits per heavy atom. The van der Waals surface area contributed by atoms with Crippen molar-refractivity contribution in [1.29, 1.82) is 0 Å². The quantitative estimate of drug-likeness (QED) is 0.880. The highest BCUT2D eigenvalue weighted by molar-refractivity contribution is 5.86. The topological polar surface area (TPSA) is 24.1 Å². The Morgan fingerprint density at radius 2 is 1.58 bits per heavy atom. The predicted molar refractivity (Wildman–Crippen MR) is 88.0 cm³/mol. The SMILES string of the molecule is Cl.Cl.c1ccc2cc(NC3CCNCC3)ccc2c1. The molecule has 1 saturated heterocycles. The van der Waals surface area contributed by atoms with Crippen molar-refractivity contribution in [2.75, 3.05) is 18.4 Å². The number of hydrogen-bond donors (Lipinski definition) is 2. The minimum Gasteiger partial charge on any atom is -0.382 e. The Kier molecular flexibility index (Phi) is 6.43. The van der Waals surface area contributed by atoms with Gasteiger partial charge in [-0.1, -0.05) is 30.3 Å². The van der Waals surface area contributed by atoms with Crippen LogP contribution in [0.15, 0.2) is 42.5 Å². The maximum absolute atomic E-state index is 3.63. The molecule has 0 aromatic heterocycles. The third kappa shape index (κ3) is 4.00.